The van der Waals surface area contributed by atoms with Crippen LogP contribution in [-0.4, -0.2) is 56.9 Å². The molecule has 0 saturated carbocycles. The number of hydrogen-bond acceptors (Lipinski definition) is 4. The van der Waals surface area contributed by atoms with Crippen molar-refractivity contribution in [2.24, 2.45) is 5.41 Å². The minimum atomic E-state index is -0.0101. The third-order valence-corrected chi connectivity index (χ3v) is 5.71. The van der Waals surface area contributed by atoms with Gasteiger partial charge in [0.15, 0.2) is 0 Å². The Morgan fingerprint density at radius 1 is 1.23 bits per heavy atom. The number of aromatic nitrogens is 2. The number of carbonyl (C=O) groups excluding carboxylic acids is 1. The Bertz CT molecular complexity index is 803. The number of hydrogen-bond donors (Lipinski definition) is 1. The highest BCUT2D eigenvalue weighted by atomic mass is 16.3. The van der Waals surface area contributed by atoms with Gasteiger partial charge in [0, 0.05) is 37.8 Å². The molecule has 2 aromatic rings. The molecule has 2 saturated heterocycles. The molecule has 2 aliphatic rings. The summed E-state index contributed by atoms with van der Waals surface area (Å²) in [5.41, 5.74) is 3.42. The first-order valence-electron chi connectivity index (χ1n) is 9.29. The lowest BCUT2D eigenvalue weighted by Gasteiger charge is -2.24. The quantitative estimate of drug-likeness (QED) is 0.918. The van der Waals surface area contributed by atoms with Crippen LogP contribution in [0.1, 0.15) is 29.5 Å². The molecule has 1 atom stereocenters. The molecule has 0 bridgehead atoms. The molecular formula is C20H26N4O2. The predicted molar refractivity (Wildman–Crippen MR) is 98.6 cm³/mol. The predicted octanol–water partition coefficient (Wildman–Crippen LogP) is 2.25. The van der Waals surface area contributed by atoms with Crippen molar-refractivity contribution in [2.45, 2.75) is 32.9 Å². The molecule has 2 aliphatic heterocycles. The summed E-state index contributed by atoms with van der Waals surface area (Å²) < 4.78 is 1.46. The van der Waals surface area contributed by atoms with Gasteiger partial charge < -0.3 is 10.0 Å². The van der Waals surface area contributed by atoms with Gasteiger partial charge in [-0.15, -0.1) is 0 Å². The smallest absolute Gasteiger partial charge is 0.344 e. The molecule has 1 aromatic carbocycles. The van der Waals surface area contributed by atoms with Crippen molar-refractivity contribution in [2.75, 3.05) is 26.2 Å². The van der Waals surface area contributed by atoms with Crippen LogP contribution in [0, 0.1) is 12.3 Å². The zero-order chi connectivity index (χ0) is 18.1. The highest BCUT2D eigenvalue weighted by Gasteiger charge is 2.44. The van der Waals surface area contributed by atoms with Crippen molar-refractivity contribution in [3.63, 3.8) is 0 Å². The summed E-state index contributed by atoms with van der Waals surface area (Å²) >= 11 is 0. The fourth-order valence-corrected chi connectivity index (χ4v) is 4.34. The van der Waals surface area contributed by atoms with Crippen LogP contribution in [0.3, 0.4) is 0 Å². The van der Waals surface area contributed by atoms with E-state index in [9.17, 15) is 9.90 Å². The largest absolute Gasteiger partial charge is 0.392 e. The fourth-order valence-electron chi connectivity index (χ4n) is 4.34. The molecule has 4 rings (SSSR count). The van der Waals surface area contributed by atoms with E-state index >= 15 is 0 Å². The third-order valence-electron chi connectivity index (χ3n) is 5.71. The summed E-state index contributed by atoms with van der Waals surface area (Å²) in [7, 11) is 0. The van der Waals surface area contributed by atoms with Crippen molar-refractivity contribution in [3.8, 4) is 0 Å². The fraction of sp³-hybridized carbons (Fsp3) is 0.500. The summed E-state index contributed by atoms with van der Waals surface area (Å²) in [5.74, 6) is 0. The van der Waals surface area contributed by atoms with Gasteiger partial charge in [-0.2, -0.15) is 9.78 Å². The summed E-state index contributed by atoms with van der Waals surface area (Å²) in [6.07, 6.45) is 5.71. The second-order valence-corrected chi connectivity index (χ2v) is 7.86. The zero-order valence-electron chi connectivity index (χ0n) is 15.3. The molecule has 1 unspecified atom stereocenters. The van der Waals surface area contributed by atoms with Crippen molar-refractivity contribution >= 4 is 6.03 Å². The monoisotopic (exact) mass is 354 g/mol. The zero-order valence-corrected chi connectivity index (χ0v) is 15.3. The maximum atomic E-state index is 12.6. The Balaban J connectivity index is 1.38. The number of rotatable bonds is 3. The van der Waals surface area contributed by atoms with E-state index in [1.54, 1.807) is 12.4 Å². The summed E-state index contributed by atoms with van der Waals surface area (Å²) in [4.78, 5) is 17.1. The van der Waals surface area contributed by atoms with E-state index in [1.165, 1.54) is 10.2 Å². The summed E-state index contributed by atoms with van der Waals surface area (Å²) in [6, 6.07) is 8.15. The Labute approximate surface area is 154 Å². The van der Waals surface area contributed by atoms with E-state index in [1.807, 2.05) is 24.0 Å². The second kappa shape index (κ2) is 6.85. The first-order valence-corrected chi connectivity index (χ1v) is 9.29. The van der Waals surface area contributed by atoms with Gasteiger partial charge in [-0.3, -0.25) is 4.90 Å². The normalized spacial score (nSPS) is 23.2. The van der Waals surface area contributed by atoms with Crippen LogP contribution in [0.2, 0.25) is 0 Å². The molecular weight excluding hydrogens is 328 g/mol. The number of aryl methyl sites for hydroxylation is 1. The van der Waals surface area contributed by atoms with Crippen LogP contribution in [0.5, 0.6) is 0 Å². The van der Waals surface area contributed by atoms with Gasteiger partial charge in [-0.25, -0.2) is 4.79 Å². The van der Waals surface area contributed by atoms with E-state index in [2.05, 4.69) is 22.1 Å². The van der Waals surface area contributed by atoms with Gasteiger partial charge in [0.2, 0.25) is 0 Å². The molecule has 3 heterocycles. The number of nitrogens with zero attached hydrogens (tertiary/aromatic N) is 4. The molecule has 0 radical (unpaired) electrons. The van der Waals surface area contributed by atoms with Crippen LogP contribution >= 0.6 is 0 Å². The molecule has 1 amide bonds. The van der Waals surface area contributed by atoms with E-state index in [0.717, 1.165) is 56.7 Å². The van der Waals surface area contributed by atoms with Gasteiger partial charge in [0.05, 0.1) is 12.8 Å². The van der Waals surface area contributed by atoms with Crippen molar-refractivity contribution in [1.82, 2.24) is 19.6 Å². The maximum Gasteiger partial charge on any atom is 0.344 e. The molecule has 6 nitrogen and oxygen atoms in total. The van der Waals surface area contributed by atoms with E-state index in [0.29, 0.717) is 0 Å². The highest BCUT2D eigenvalue weighted by molar-refractivity contribution is 5.76. The van der Waals surface area contributed by atoms with E-state index in [-0.39, 0.29) is 18.1 Å². The lowest BCUT2D eigenvalue weighted by Crippen LogP contribution is -2.36. The highest BCUT2D eigenvalue weighted by Crippen LogP contribution is 2.40. The molecule has 0 aliphatic carbocycles. The van der Waals surface area contributed by atoms with Gasteiger partial charge in [0.1, 0.15) is 0 Å². The van der Waals surface area contributed by atoms with E-state index < -0.39 is 0 Å². The Morgan fingerprint density at radius 2 is 2.04 bits per heavy atom. The standard InChI is InChI=1S/C20H26N4O2/c1-16-10-21-24(11-16)19(26)23-8-6-20(15-23)5-7-22(14-20)12-17-3-2-4-18(9-17)13-25/h2-4,9-11,25H,5-8,12-15H2,1H3. The van der Waals surface area contributed by atoms with Crippen LogP contribution in [0.4, 0.5) is 4.79 Å². The Hall–Kier alpha value is -2.18. The van der Waals surface area contributed by atoms with Crippen LogP contribution in [0.25, 0.3) is 0 Å². The maximum absolute atomic E-state index is 12.6. The molecule has 26 heavy (non-hydrogen) atoms. The van der Waals surface area contributed by atoms with Crippen LogP contribution in [0.15, 0.2) is 36.7 Å². The average molecular weight is 354 g/mol. The molecule has 2 fully saturated rings. The molecule has 1 N–H and O–H groups in total. The summed E-state index contributed by atoms with van der Waals surface area (Å²) in [5, 5.41) is 13.5. The minimum Gasteiger partial charge on any atom is -0.392 e. The van der Waals surface area contributed by atoms with Crippen molar-refractivity contribution < 1.29 is 9.90 Å². The molecule has 1 aromatic heterocycles. The Kier molecular flexibility index (Phi) is 4.54. The molecule has 1 spiro atoms. The average Bonchev–Trinajstić information content (AvgIpc) is 3.36. The number of carbonyl (C=O) groups is 1. The number of benzene rings is 1. The number of likely N-dealkylation sites (tertiary alicyclic amines) is 2. The molecule has 138 valence electrons. The van der Waals surface area contributed by atoms with Crippen LogP contribution < -0.4 is 0 Å². The lowest BCUT2D eigenvalue weighted by molar-refractivity contribution is 0.196. The number of amides is 1. The number of aliphatic hydroxyl groups is 1. The van der Waals surface area contributed by atoms with Crippen molar-refractivity contribution in [3.05, 3.63) is 53.3 Å². The summed E-state index contributed by atoms with van der Waals surface area (Å²) in [6.45, 7) is 6.65. The van der Waals surface area contributed by atoms with Crippen LogP contribution in [-0.2, 0) is 13.2 Å². The van der Waals surface area contributed by atoms with Gasteiger partial charge in [-0.05, 0) is 43.0 Å². The minimum absolute atomic E-state index is 0.0101. The van der Waals surface area contributed by atoms with E-state index in [4.69, 9.17) is 0 Å². The third kappa shape index (κ3) is 3.39. The topological polar surface area (TPSA) is 61.6 Å². The first-order chi connectivity index (χ1) is 12.6. The second-order valence-electron chi connectivity index (χ2n) is 7.86. The first kappa shape index (κ1) is 17.2. The lowest BCUT2D eigenvalue weighted by atomic mass is 9.86. The van der Waals surface area contributed by atoms with Gasteiger partial charge in [-0.1, -0.05) is 24.3 Å². The number of aliphatic hydroxyl groups excluding tert-OH is 1. The van der Waals surface area contributed by atoms with Crippen molar-refractivity contribution in [1.29, 1.82) is 0 Å². The van der Waals surface area contributed by atoms with Gasteiger partial charge >= 0.3 is 6.03 Å². The SMILES string of the molecule is Cc1cnn(C(=O)N2CCC3(CCN(Cc4cccc(CO)c4)C3)C2)c1. The van der Waals surface area contributed by atoms with Gasteiger partial charge in [0.25, 0.3) is 0 Å². The Morgan fingerprint density at radius 3 is 2.81 bits per heavy atom. The molecule has 6 heteroatoms.